The lowest BCUT2D eigenvalue weighted by atomic mass is 10.1. The molecule has 2 N–H and O–H groups in total. The Morgan fingerprint density at radius 1 is 1.48 bits per heavy atom. The van der Waals surface area contributed by atoms with Crippen molar-refractivity contribution in [2.24, 2.45) is 0 Å². The Morgan fingerprint density at radius 2 is 2.19 bits per heavy atom. The smallest absolute Gasteiger partial charge is 0.338 e. The predicted molar refractivity (Wildman–Crippen MR) is 77.4 cm³/mol. The van der Waals surface area contributed by atoms with E-state index in [2.05, 4.69) is 17.3 Å². The molecule has 116 valence electrons. The van der Waals surface area contributed by atoms with E-state index in [-0.39, 0.29) is 5.56 Å². The molecule has 0 aromatic heterocycles. The third kappa shape index (κ3) is 4.41. The van der Waals surface area contributed by atoms with Crippen LogP contribution in [0.2, 0.25) is 0 Å². The lowest BCUT2D eigenvalue weighted by molar-refractivity contribution is 0.0692. The van der Waals surface area contributed by atoms with Gasteiger partial charge in [-0.3, -0.25) is 4.90 Å². The molecule has 5 nitrogen and oxygen atoms in total. The van der Waals surface area contributed by atoms with Crippen LogP contribution in [-0.2, 0) is 0 Å². The number of carboxylic acid groups (broad SMARTS) is 1. The van der Waals surface area contributed by atoms with Gasteiger partial charge in [-0.25, -0.2) is 9.18 Å². The van der Waals surface area contributed by atoms with Crippen LogP contribution >= 0.6 is 0 Å². The second-order valence-electron chi connectivity index (χ2n) is 5.26. The van der Waals surface area contributed by atoms with Crippen LogP contribution in [0, 0.1) is 5.82 Å². The Labute approximate surface area is 123 Å². The van der Waals surface area contributed by atoms with Crippen molar-refractivity contribution in [2.45, 2.75) is 18.9 Å². The van der Waals surface area contributed by atoms with E-state index in [1.165, 1.54) is 12.1 Å². The Balaban J connectivity index is 1.80. The van der Waals surface area contributed by atoms with Gasteiger partial charge in [-0.05, 0) is 45.1 Å². The second kappa shape index (κ2) is 7.38. The largest absolute Gasteiger partial charge is 0.492 e. The average Bonchev–Trinajstić information content (AvgIpc) is 2.47. The van der Waals surface area contributed by atoms with E-state index in [4.69, 9.17) is 9.84 Å². The quantitative estimate of drug-likeness (QED) is 0.834. The number of ether oxygens (including phenoxy) is 1. The van der Waals surface area contributed by atoms with E-state index in [0.29, 0.717) is 18.4 Å². The van der Waals surface area contributed by atoms with Gasteiger partial charge < -0.3 is 15.2 Å². The molecule has 0 bridgehead atoms. The molecule has 1 fully saturated rings. The molecular weight excluding hydrogens is 275 g/mol. The van der Waals surface area contributed by atoms with E-state index in [1.807, 2.05) is 0 Å². The van der Waals surface area contributed by atoms with Gasteiger partial charge in [-0.2, -0.15) is 0 Å². The average molecular weight is 296 g/mol. The van der Waals surface area contributed by atoms with Gasteiger partial charge in [0.15, 0.2) is 0 Å². The third-order valence-electron chi connectivity index (χ3n) is 3.82. The normalized spacial score (nSPS) is 16.1. The van der Waals surface area contributed by atoms with E-state index >= 15 is 0 Å². The number of carboxylic acids is 1. The fraction of sp³-hybridized carbons (Fsp3) is 0.533. The molecule has 0 aliphatic carbocycles. The monoisotopic (exact) mass is 296 g/mol. The second-order valence-corrected chi connectivity index (χ2v) is 5.26. The van der Waals surface area contributed by atoms with Crippen molar-refractivity contribution < 1.29 is 19.0 Å². The van der Waals surface area contributed by atoms with Gasteiger partial charge in [0.2, 0.25) is 0 Å². The molecule has 0 atom stereocenters. The summed E-state index contributed by atoms with van der Waals surface area (Å²) in [6.45, 7) is 3.29. The van der Waals surface area contributed by atoms with Gasteiger partial charge in [0.05, 0.1) is 5.56 Å². The first kappa shape index (κ1) is 15.7. The summed E-state index contributed by atoms with van der Waals surface area (Å²) < 4.78 is 19.0. The molecular formula is C15H21FN2O3. The molecule has 1 heterocycles. The SMILES string of the molecule is CN(CCOc1ccc(C(=O)O)c(F)c1)C1CCNCC1. The Hall–Kier alpha value is -1.66. The number of likely N-dealkylation sites (N-methyl/N-ethyl adjacent to an activating group) is 1. The van der Waals surface area contributed by atoms with Gasteiger partial charge in [-0.15, -0.1) is 0 Å². The lowest BCUT2D eigenvalue weighted by Gasteiger charge is -2.31. The highest BCUT2D eigenvalue weighted by Crippen LogP contribution is 2.17. The van der Waals surface area contributed by atoms with Gasteiger partial charge in [0.25, 0.3) is 0 Å². The molecule has 1 saturated heterocycles. The summed E-state index contributed by atoms with van der Waals surface area (Å²) >= 11 is 0. The highest BCUT2D eigenvalue weighted by Gasteiger charge is 2.17. The van der Waals surface area contributed by atoms with Crippen LogP contribution in [0.3, 0.4) is 0 Å². The summed E-state index contributed by atoms with van der Waals surface area (Å²) in [6, 6.07) is 4.38. The van der Waals surface area contributed by atoms with Crippen LogP contribution < -0.4 is 10.1 Å². The minimum Gasteiger partial charge on any atom is -0.492 e. The number of carbonyl (C=O) groups is 1. The van der Waals surface area contributed by atoms with Crippen LogP contribution in [0.15, 0.2) is 18.2 Å². The van der Waals surface area contributed by atoms with E-state index in [0.717, 1.165) is 38.5 Å². The summed E-state index contributed by atoms with van der Waals surface area (Å²) in [6.07, 6.45) is 2.25. The number of hydrogen-bond donors (Lipinski definition) is 2. The Morgan fingerprint density at radius 3 is 2.81 bits per heavy atom. The summed E-state index contributed by atoms with van der Waals surface area (Å²) in [7, 11) is 2.06. The first-order valence-electron chi connectivity index (χ1n) is 7.14. The van der Waals surface area contributed by atoms with Gasteiger partial charge in [-0.1, -0.05) is 0 Å². The summed E-state index contributed by atoms with van der Waals surface area (Å²) in [5.41, 5.74) is -0.339. The number of aromatic carboxylic acids is 1. The predicted octanol–water partition coefficient (Wildman–Crippen LogP) is 1.59. The number of rotatable bonds is 6. The molecule has 1 aromatic rings. The van der Waals surface area contributed by atoms with Crippen molar-refractivity contribution >= 4 is 5.97 Å². The number of benzene rings is 1. The minimum atomic E-state index is -1.27. The Kier molecular flexibility index (Phi) is 5.52. The first-order valence-corrected chi connectivity index (χ1v) is 7.14. The number of piperidine rings is 1. The zero-order valence-electron chi connectivity index (χ0n) is 12.1. The molecule has 0 radical (unpaired) electrons. The number of nitrogens with zero attached hydrogens (tertiary/aromatic N) is 1. The number of nitrogens with one attached hydrogen (secondary N) is 1. The van der Waals surface area contributed by atoms with Gasteiger partial charge >= 0.3 is 5.97 Å². The zero-order chi connectivity index (χ0) is 15.2. The topological polar surface area (TPSA) is 61.8 Å². The highest BCUT2D eigenvalue weighted by atomic mass is 19.1. The van der Waals surface area contributed by atoms with Crippen molar-refractivity contribution in [2.75, 3.05) is 33.3 Å². The fourth-order valence-corrected chi connectivity index (χ4v) is 2.50. The first-order chi connectivity index (χ1) is 10.1. The molecule has 0 unspecified atom stereocenters. The summed E-state index contributed by atoms with van der Waals surface area (Å²) in [5.74, 6) is -1.69. The van der Waals surface area contributed by atoms with Crippen LogP contribution in [0.4, 0.5) is 4.39 Å². The lowest BCUT2D eigenvalue weighted by Crippen LogP contribution is -2.42. The van der Waals surface area contributed by atoms with E-state index in [9.17, 15) is 9.18 Å². The van der Waals surface area contributed by atoms with Crippen LogP contribution in [0.1, 0.15) is 23.2 Å². The van der Waals surface area contributed by atoms with Crippen molar-refractivity contribution in [3.8, 4) is 5.75 Å². The Bertz CT molecular complexity index is 490. The zero-order valence-corrected chi connectivity index (χ0v) is 12.1. The van der Waals surface area contributed by atoms with Crippen LogP contribution in [0.25, 0.3) is 0 Å². The maximum Gasteiger partial charge on any atom is 0.338 e. The van der Waals surface area contributed by atoms with Crippen molar-refractivity contribution in [1.82, 2.24) is 10.2 Å². The third-order valence-corrected chi connectivity index (χ3v) is 3.82. The molecule has 21 heavy (non-hydrogen) atoms. The maximum atomic E-state index is 13.5. The summed E-state index contributed by atoms with van der Waals surface area (Å²) in [5, 5.41) is 12.1. The van der Waals surface area contributed by atoms with Crippen LogP contribution in [0.5, 0.6) is 5.75 Å². The molecule has 0 saturated carbocycles. The molecule has 0 amide bonds. The van der Waals surface area contributed by atoms with Gasteiger partial charge in [0, 0.05) is 18.7 Å². The molecule has 6 heteroatoms. The molecule has 1 aromatic carbocycles. The molecule has 0 spiro atoms. The maximum absolute atomic E-state index is 13.5. The number of halogens is 1. The van der Waals surface area contributed by atoms with Crippen molar-refractivity contribution in [3.63, 3.8) is 0 Å². The fourth-order valence-electron chi connectivity index (χ4n) is 2.50. The number of hydrogen-bond acceptors (Lipinski definition) is 4. The molecule has 2 rings (SSSR count). The van der Waals surface area contributed by atoms with E-state index < -0.39 is 11.8 Å². The van der Waals surface area contributed by atoms with Crippen molar-refractivity contribution in [1.29, 1.82) is 0 Å². The van der Waals surface area contributed by atoms with Crippen LogP contribution in [-0.4, -0.2) is 55.3 Å². The van der Waals surface area contributed by atoms with E-state index in [1.54, 1.807) is 0 Å². The molecule has 1 aliphatic heterocycles. The van der Waals surface area contributed by atoms with Crippen molar-refractivity contribution in [3.05, 3.63) is 29.6 Å². The highest BCUT2D eigenvalue weighted by molar-refractivity contribution is 5.88. The minimum absolute atomic E-state index is 0.339. The summed E-state index contributed by atoms with van der Waals surface area (Å²) in [4.78, 5) is 13.0. The molecule has 1 aliphatic rings. The van der Waals surface area contributed by atoms with Gasteiger partial charge in [0.1, 0.15) is 18.2 Å². The standard InChI is InChI=1S/C15H21FN2O3/c1-18(11-4-6-17-7-5-11)8-9-21-12-2-3-13(15(19)20)14(16)10-12/h2-3,10-11,17H,4-9H2,1H3,(H,19,20).